The van der Waals surface area contributed by atoms with Gasteiger partial charge in [0, 0.05) is 12.3 Å². The minimum Gasteiger partial charge on any atom is -0.396 e. The molecule has 1 amide bonds. The molecule has 0 heterocycles. The Balaban J connectivity index is 2.49. The van der Waals surface area contributed by atoms with Gasteiger partial charge in [-0.25, -0.2) is 0 Å². The first kappa shape index (κ1) is 13.6. The minimum atomic E-state index is -0.350. The zero-order valence-corrected chi connectivity index (χ0v) is 11.3. The summed E-state index contributed by atoms with van der Waals surface area (Å²) in [7, 11) is 0. The minimum absolute atomic E-state index is 0.0421. The zero-order chi connectivity index (χ0) is 13.7. The summed E-state index contributed by atoms with van der Waals surface area (Å²) in [5, 5.41) is 8.76. The van der Waals surface area contributed by atoms with Gasteiger partial charge in [-0.05, 0) is 30.2 Å². The van der Waals surface area contributed by atoms with E-state index in [0.717, 1.165) is 16.9 Å². The molecule has 0 aliphatic carbocycles. The highest BCUT2D eigenvalue weighted by molar-refractivity contribution is 7.97. The lowest BCUT2D eigenvalue weighted by Gasteiger charge is -2.23. The van der Waals surface area contributed by atoms with E-state index >= 15 is 0 Å². The number of para-hydroxylation sites is 2. The SMILES string of the molecule is O=C(S)N(c1ccccc1)c1ccccc1CCO. The van der Waals surface area contributed by atoms with E-state index in [9.17, 15) is 4.79 Å². The van der Waals surface area contributed by atoms with Crippen LogP contribution in [0.25, 0.3) is 0 Å². The van der Waals surface area contributed by atoms with Crippen molar-refractivity contribution in [1.29, 1.82) is 0 Å². The Morgan fingerprint density at radius 2 is 1.68 bits per heavy atom. The van der Waals surface area contributed by atoms with Crippen LogP contribution in [-0.4, -0.2) is 17.0 Å². The fourth-order valence-electron chi connectivity index (χ4n) is 1.99. The Hall–Kier alpha value is -1.78. The Morgan fingerprint density at radius 1 is 1.05 bits per heavy atom. The van der Waals surface area contributed by atoms with Gasteiger partial charge in [-0.2, -0.15) is 0 Å². The number of amides is 1. The van der Waals surface area contributed by atoms with Crippen molar-refractivity contribution >= 4 is 29.2 Å². The highest BCUT2D eigenvalue weighted by Gasteiger charge is 2.17. The van der Waals surface area contributed by atoms with Gasteiger partial charge in [-0.1, -0.05) is 49.0 Å². The molecule has 0 fully saturated rings. The molecule has 2 aromatic carbocycles. The summed E-state index contributed by atoms with van der Waals surface area (Å²) in [5.74, 6) is 0. The summed E-state index contributed by atoms with van der Waals surface area (Å²) in [6.45, 7) is 0.0421. The highest BCUT2D eigenvalue weighted by atomic mass is 32.1. The van der Waals surface area contributed by atoms with Gasteiger partial charge < -0.3 is 5.11 Å². The van der Waals surface area contributed by atoms with Crippen LogP contribution in [0.5, 0.6) is 0 Å². The second-order valence-corrected chi connectivity index (χ2v) is 4.44. The number of anilines is 2. The van der Waals surface area contributed by atoms with E-state index in [2.05, 4.69) is 12.6 Å². The van der Waals surface area contributed by atoms with Crippen molar-refractivity contribution in [3.8, 4) is 0 Å². The van der Waals surface area contributed by atoms with Crippen molar-refractivity contribution in [2.75, 3.05) is 11.5 Å². The van der Waals surface area contributed by atoms with Gasteiger partial charge in [0.2, 0.25) is 0 Å². The standard InChI is InChI=1S/C15H15NO2S/c17-11-10-12-6-4-5-9-14(12)16(15(18)19)13-7-2-1-3-8-13/h1-9,17H,10-11H2,(H,18,19). The number of carbonyl (C=O) groups excluding carboxylic acids is 1. The Kier molecular flexibility index (Phi) is 4.60. The molecule has 0 aliphatic rings. The van der Waals surface area contributed by atoms with Crippen LogP contribution in [0.3, 0.4) is 0 Å². The first-order chi connectivity index (χ1) is 9.24. The quantitative estimate of drug-likeness (QED) is 0.838. The van der Waals surface area contributed by atoms with Crippen LogP contribution in [-0.2, 0) is 6.42 Å². The van der Waals surface area contributed by atoms with E-state index in [1.807, 2.05) is 54.6 Å². The number of hydrogen-bond donors (Lipinski definition) is 2. The molecule has 0 saturated carbocycles. The van der Waals surface area contributed by atoms with E-state index < -0.39 is 0 Å². The number of benzene rings is 2. The number of rotatable bonds is 4. The third kappa shape index (κ3) is 3.16. The fourth-order valence-corrected chi connectivity index (χ4v) is 2.21. The molecule has 98 valence electrons. The predicted octanol–water partition coefficient (Wildman–Crippen LogP) is 3.41. The fraction of sp³-hybridized carbons (Fsp3) is 0.133. The summed E-state index contributed by atoms with van der Waals surface area (Å²) in [4.78, 5) is 13.4. The highest BCUT2D eigenvalue weighted by Crippen LogP contribution is 2.30. The predicted molar refractivity (Wildman–Crippen MR) is 80.2 cm³/mol. The maximum atomic E-state index is 11.8. The molecule has 0 radical (unpaired) electrons. The molecule has 19 heavy (non-hydrogen) atoms. The smallest absolute Gasteiger partial charge is 0.287 e. The lowest BCUT2D eigenvalue weighted by atomic mass is 10.1. The van der Waals surface area contributed by atoms with Gasteiger partial charge >= 0.3 is 0 Å². The zero-order valence-electron chi connectivity index (χ0n) is 10.4. The number of carbonyl (C=O) groups is 1. The van der Waals surface area contributed by atoms with Crippen LogP contribution < -0.4 is 4.90 Å². The molecule has 0 atom stereocenters. The second-order valence-electron chi connectivity index (χ2n) is 4.06. The van der Waals surface area contributed by atoms with Gasteiger partial charge in [0.05, 0.1) is 5.69 Å². The molecule has 4 heteroatoms. The van der Waals surface area contributed by atoms with Crippen LogP contribution in [0.15, 0.2) is 54.6 Å². The molecular formula is C15H15NO2S. The summed E-state index contributed by atoms with van der Waals surface area (Å²) in [6, 6.07) is 16.8. The molecule has 0 aliphatic heterocycles. The van der Waals surface area contributed by atoms with Crippen molar-refractivity contribution in [2.45, 2.75) is 6.42 Å². The number of thiol groups is 1. The number of aliphatic hydroxyl groups excluding tert-OH is 1. The summed E-state index contributed by atoms with van der Waals surface area (Å²) >= 11 is 3.96. The largest absolute Gasteiger partial charge is 0.396 e. The van der Waals surface area contributed by atoms with Crippen LogP contribution >= 0.6 is 12.6 Å². The monoisotopic (exact) mass is 273 g/mol. The first-order valence-corrected chi connectivity index (χ1v) is 6.45. The van der Waals surface area contributed by atoms with E-state index in [4.69, 9.17) is 5.11 Å². The maximum Gasteiger partial charge on any atom is 0.287 e. The lowest BCUT2D eigenvalue weighted by Crippen LogP contribution is -2.21. The van der Waals surface area contributed by atoms with Crippen LogP contribution in [0.1, 0.15) is 5.56 Å². The van der Waals surface area contributed by atoms with Crippen molar-refractivity contribution in [2.24, 2.45) is 0 Å². The van der Waals surface area contributed by atoms with Gasteiger partial charge in [-0.3, -0.25) is 9.69 Å². The maximum absolute atomic E-state index is 11.8. The van der Waals surface area contributed by atoms with Gasteiger partial charge in [-0.15, -0.1) is 0 Å². The van der Waals surface area contributed by atoms with Crippen LogP contribution in [0.4, 0.5) is 16.2 Å². The van der Waals surface area contributed by atoms with E-state index in [-0.39, 0.29) is 11.8 Å². The van der Waals surface area contributed by atoms with Crippen LogP contribution in [0, 0.1) is 0 Å². The molecule has 0 saturated heterocycles. The van der Waals surface area contributed by atoms with Crippen molar-refractivity contribution in [3.63, 3.8) is 0 Å². The Morgan fingerprint density at radius 3 is 2.32 bits per heavy atom. The molecule has 0 aromatic heterocycles. The topological polar surface area (TPSA) is 40.5 Å². The summed E-state index contributed by atoms with van der Waals surface area (Å²) < 4.78 is 0. The molecule has 2 aromatic rings. The van der Waals surface area contributed by atoms with Crippen molar-refractivity contribution in [3.05, 3.63) is 60.2 Å². The molecule has 0 unspecified atom stereocenters. The molecule has 0 spiro atoms. The molecule has 1 N–H and O–H groups in total. The molecule has 0 bridgehead atoms. The third-order valence-corrected chi connectivity index (χ3v) is 3.02. The summed E-state index contributed by atoms with van der Waals surface area (Å²) in [6.07, 6.45) is 0.501. The van der Waals surface area contributed by atoms with Gasteiger partial charge in [0.25, 0.3) is 5.24 Å². The Bertz CT molecular complexity index is 557. The van der Waals surface area contributed by atoms with Crippen LogP contribution in [0.2, 0.25) is 0 Å². The average Bonchev–Trinajstić information content (AvgIpc) is 2.42. The van der Waals surface area contributed by atoms with E-state index in [0.29, 0.717) is 6.42 Å². The number of hydrogen-bond acceptors (Lipinski definition) is 2. The second kappa shape index (κ2) is 6.41. The lowest BCUT2D eigenvalue weighted by molar-refractivity contribution is 0.267. The third-order valence-electron chi connectivity index (χ3n) is 2.82. The van der Waals surface area contributed by atoms with E-state index in [1.165, 1.54) is 4.90 Å². The van der Waals surface area contributed by atoms with Gasteiger partial charge in [0.1, 0.15) is 0 Å². The van der Waals surface area contributed by atoms with Crippen molar-refractivity contribution < 1.29 is 9.90 Å². The normalized spacial score (nSPS) is 10.2. The van der Waals surface area contributed by atoms with E-state index in [1.54, 1.807) is 0 Å². The molecule has 3 nitrogen and oxygen atoms in total. The van der Waals surface area contributed by atoms with Gasteiger partial charge in [0.15, 0.2) is 0 Å². The first-order valence-electron chi connectivity index (χ1n) is 6.01. The molecule has 2 rings (SSSR count). The average molecular weight is 273 g/mol. The molecular weight excluding hydrogens is 258 g/mol. The number of aliphatic hydroxyl groups is 1. The van der Waals surface area contributed by atoms with Crippen molar-refractivity contribution in [1.82, 2.24) is 0 Å². The summed E-state index contributed by atoms with van der Waals surface area (Å²) in [5.41, 5.74) is 2.42. The Labute approximate surface area is 117 Å². The number of nitrogens with zero attached hydrogens (tertiary/aromatic N) is 1.